The Morgan fingerprint density at radius 1 is 1.27 bits per heavy atom. The highest BCUT2D eigenvalue weighted by Gasteiger charge is 2.42. The molecular weight excluding hydrogens is 363 g/mol. The number of guanidine groups is 1. The average molecular weight is 383 g/mol. The summed E-state index contributed by atoms with van der Waals surface area (Å²) >= 11 is 1.71. The predicted molar refractivity (Wildman–Crippen MR) is 96.7 cm³/mol. The molecule has 2 unspecified atom stereocenters. The molecule has 2 atom stereocenters. The molecule has 1 fully saturated rings. The van der Waals surface area contributed by atoms with Gasteiger partial charge in [-0.15, -0.1) is 24.5 Å². The number of nitrogens with zero attached hydrogens (tertiary/aromatic N) is 1. The highest BCUT2D eigenvalue weighted by Crippen LogP contribution is 2.45. The standard InChI is InChI=1S/C18H20F3N3OS/c1-11-7-8-12(26-11)10-23-17(22-2)24-15-9-14(15)13-5-3-4-6-16(13)25-18(19,20)21/h3-8,14-15H,9-10H2,1-2H3,(H2,22,23,24). The highest BCUT2D eigenvalue weighted by atomic mass is 32.1. The molecule has 3 rings (SSSR count). The highest BCUT2D eigenvalue weighted by molar-refractivity contribution is 7.11. The van der Waals surface area contributed by atoms with Crippen LogP contribution in [0.5, 0.6) is 5.75 Å². The molecule has 1 aromatic heterocycles. The van der Waals surface area contributed by atoms with E-state index in [0.29, 0.717) is 18.1 Å². The Morgan fingerprint density at radius 3 is 2.69 bits per heavy atom. The topological polar surface area (TPSA) is 45.7 Å². The van der Waals surface area contributed by atoms with Gasteiger partial charge in [-0.3, -0.25) is 4.99 Å². The molecule has 1 saturated carbocycles. The van der Waals surface area contributed by atoms with Crippen molar-refractivity contribution >= 4 is 17.3 Å². The zero-order valence-electron chi connectivity index (χ0n) is 14.4. The molecule has 1 aromatic carbocycles. The molecule has 0 aliphatic heterocycles. The monoisotopic (exact) mass is 383 g/mol. The third-order valence-corrected chi connectivity index (χ3v) is 5.11. The molecule has 2 aromatic rings. The van der Waals surface area contributed by atoms with E-state index in [9.17, 15) is 13.2 Å². The Morgan fingerprint density at radius 2 is 2.04 bits per heavy atom. The third kappa shape index (κ3) is 4.91. The number of para-hydroxylation sites is 1. The molecule has 0 saturated heterocycles. The summed E-state index contributed by atoms with van der Waals surface area (Å²) in [6.07, 6.45) is -3.96. The van der Waals surface area contributed by atoms with Crippen molar-refractivity contribution in [2.24, 2.45) is 4.99 Å². The molecule has 2 N–H and O–H groups in total. The van der Waals surface area contributed by atoms with E-state index in [1.165, 1.54) is 15.8 Å². The minimum absolute atomic E-state index is 0.0314. The second kappa shape index (κ2) is 7.57. The van der Waals surface area contributed by atoms with Crippen LogP contribution in [0.4, 0.5) is 13.2 Å². The second-order valence-corrected chi connectivity index (χ2v) is 7.49. The van der Waals surface area contributed by atoms with E-state index in [1.54, 1.807) is 36.6 Å². The van der Waals surface area contributed by atoms with Gasteiger partial charge in [-0.1, -0.05) is 18.2 Å². The van der Waals surface area contributed by atoms with E-state index in [-0.39, 0.29) is 17.7 Å². The fourth-order valence-electron chi connectivity index (χ4n) is 2.82. The summed E-state index contributed by atoms with van der Waals surface area (Å²) in [5, 5.41) is 6.50. The number of hydrogen-bond donors (Lipinski definition) is 2. The Bertz CT molecular complexity index is 788. The average Bonchev–Trinajstić information content (AvgIpc) is 3.21. The second-order valence-electron chi connectivity index (χ2n) is 6.12. The number of ether oxygens (including phenoxy) is 1. The van der Waals surface area contributed by atoms with Crippen LogP contribution in [0, 0.1) is 6.92 Å². The molecule has 26 heavy (non-hydrogen) atoms. The van der Waals surface area contributed by atoms with Crippen LogP contribution in [0.25, 0.3) is 0 Å². The summed E-state index contributed by atoms with van der Waals surface area (Å²) in [6.45, 7) is 2.71. The number of halogens is 3. The Labute approximate surface area is 154 Å². The Kier molecular flexibility index (Phi) is 5.41. The van der Waals surface area contributed by atoms with E-state index in [4.69, 9.17) is 0 Å². The normalized spacial score (nSPS) is 20.0. The first-order valence-electron chi connectivity index (χ1n) is 8.23. The summed E-state index contributed by atoms with van der Waals surface area (Å²) in [5.74, 6) is 0.472. The molecule has 1 aliphatic carbocycles. The van der Waals surface area contributed by atoms with Gasteiger partial charge in [-0.25, -0.2) is 0 Å². The number of aryl methyl sites for hydroxylation is 1. The molecule has 1 aliphatic rings. The number of benzene rings is 1. The maximum atomic E-state index is 12.6. The van der Waals surface area contributed by atoms with Gasteiger partial charge in [0.2, 0.25) is 0 Å². The van der Waals surface area contributed by atoms with Gasteiger partial charge in [-0.2, -0.15) is 0 Å². The summed E-state index contributed by atoms with van der Waals surface area (Å²) in [7, 11) is 1.67. The van der Waals surface area contributed by atoms with Gasteiger partial charge < -0.3 is 15.4 Å². The molecule has 0 amide bonds. The van der Waals surface area contributed by atoms with Gasteiger partial charge in [0.25, 0.3) is 0 Å². The maximum absolute atomic E-state index is 12.6. The van der Waals surface area contributed by atoms with Gasteiger partial charge in [0.05, 0.1) is 6.54 Å². The molecular formula is C18H20F3N3OS. The molecule has 0 radical (unpaired) electrons. The first-order chi connectivity index (χ1) is 12.4. The first kappa shape index (κ1) is 18.6. The number of hydrogen-bond acceptors (Lipinski definition) is 3. The minimum atomic E-state index is -4.69. The maximum Gasteiger partial charge on any atom is 0.573 e. The molecule has 140 valence electrons. The van der Waals surface area contributed by atoms with Crippen molar-refractivity contribution < 1.29 is 17.9 Å². The molecule has 0 spiro atoms. The molecule has 1 heterocycles. The van der Waals surface area contributed by atoms with Crippen LogP contribution in [-0.4, -0.2) is 25.4 Å². The van der Waals surface area contributed by atoms with Gasteiger partial charge in [0.1, 0.15) is 5.75 Å². The SMILES string of the molecule is CN=C(NCc1ccc(C)s1)NC1CC1c1ccccc1OC(F)(F)F. The largest absolute Gasteiger partial charge is 0.573 e. The van der Waals surface area contributed by atoms with Crippen molar-refractivity contribution in [2.75, 3.05) is 7.05 Å². The smallest absolute Gasteiger partial charge is 0.405 e. The lowest BCUT2D eigenvalue weighted by molar-refractivity contribution is -0.274. The lowest BCUT2D eigenvalue weighted by Crippen LogP contribution is -2.38. The van der Waals surface area contributed by atoms with Gasteiger partial charge >= 0.3 is 6.36 Å². The zero-order valence-corrected chi connectivity index (χ0v) is 15.2. The van der Waals surface area contributed by atoms with Crippen LogP contribution in [-0.2, 0) is 6.54 Å². The van der Waals surface area contributed by atoms with E-state index < -0.39 is 6.36 Å². The molecule has 0 bridgehead atoms. The van der Waals surface area contributed by atoms with Crippen molar-refractivity contribution in [3.63, 3.8) is 0 Å². The Hall–Kier alpha value is -2.22. The van der Waals surface area contributed by atoms with Gasteiger partial charge in [0.15, 0.2) is 5.96 Å². The fourth-order valence-corrected chi connectivity index (χ4v) is 3.65. The number of rotatable bonds is 5. The third-order valence-electron chi connectivity index (χ3n) is 4.11. The summed E-state index contributed by atoms with van der Waals surface area (Å²) in [5.41, 5.74) is 0.562. The van der Waals surface area contributed by atoms with Crippen LogP contribution >= 0.6 is 11.3 Å². The van der Waals surface area contributed by atoms with Crippen LogP contribution in [0.15, 0.2) is 41.4 Å². The number of nitrogens with one attached hydrogen (secondary N) is 2. The van der Waals surface area contributed by atoms with Gasteiger partial charge in [-0.05, 0) is 37.1 Å². The first-order valence-corrected chi connectivity index (χ1v) is 9.04. The fraction of sp³-hybridized carbons (Fsp3) is 0.389. The van der Waals surface area contributed by atoms with E-state index >= 15 is 0 Å². The van der Waals surface area contributed by atoms with Crippen molar-refractivity contribution in [2.45, 2.75) is 38.2 Å². The number of aliphatic imine (C=N–C) groups is 1. The van der Waals surface area contributed by atoms with Crippen molar-refractivity contribution in [3.8, 4) is 5.75 Å². The van der Waals surface area contributed by atoms with E-state index in [2.05, 4.69) is 39.4 Å². The van der Waals surface area contributed by atoms with E-state index in [1.807, 2.05) is 0 Å². The van der Waals surface area contributed by atoms with Gasteiger partial charge in [0, 0.05) is 28.8 Å². The lowest BCUT2D eigenvalue weighted by atomic mass is 10.1. The molecule has 8 heteroatoms. The predicted octanol–water partition coefficient (Wildman–Crippen LogP) is 4.18. The Balaban J connectivity index is 1.58. The zero-order chi connectivity index (χ0) is 18.7. The quantitative estimate of drug-likeness (QED) is 0.602. The van der Waals surface area contributed by atoms with Crippen LogP contribution < -0.4 is 15.4 Å². The van der Waals surface area contributed by atoms with Crippen LogP contribution in [0.3, 0.4) is 0 Å². The van der Waals surface area contributed by atoms with E-state index in [0.717, 1.165) is 6.42 Å². The van der Waals surface area contributed by atoms with Crippen molar-refractivity contribution in [1.82, 2.24) is 10.6 Å². The minimum Gasteiger partial charge on any atom is -0.405 e. The number of thiophene rings is 1. The van der Waals surface area contributed by atoms with Crippen LogP contribution in [0.1, 0.15) is 27.7 Å². The van der Waals surface area contributed by atoms with Crippen molar-refractivity contribution in [3.05, 3.63) is 51.7 Å². The lowest BCUT2D eigenvalue weighted by Gasteiger charge is -2.14. The summed E-state index contributed by atoms with van der Waals surface area (Å²) in [4.78, 5) is 6.63. The summed E-state index contributed by atoms with van der Waals surface area (Å²) < 4.78 is 41.8. The van der Waals surface area contributed by atoms with Crippen molar-refractivity contribution in [1.29, 1.82) is 0 Å². The number of alkyl halides is 3. The van der Waals surface area contributed by atoms with Crippen LogP contribution in [0.2, 0.25) is 0 Å². The molecule has 4 nitrogen and oxygen atoms in total. The summed E-state index contributed by atoms with van der Waals surface area (Å²) in [6, 6.07) is 10.4.